The van der Waals surface area contributed by atoms with Crippen molar-refractivity contribution in [1.29, 1.82) is 0 Å². The van der Waals surface area contributed by atoms with Crippen LogP contribution in [0.4, 0.5) is 0 Å². The number of carbonyl (C=O) groups excluding carboxylic acids is 2. The molecule has 0 aliphatic rings. The first kappa shape index (κ1) is 25.7. The fraction of sp³-hybridized carbons (Fsp3) is 0.889. The van der Waals surface area contributed by atoms with Gasteiger partial charge in [-0.1, -0.05) is 0 Å². The average molecular weight is 388 g/mol. The minimum absolute atomic E-state index is 0.00562. The van der Waals surface area contributed by atoms with E-state index in [0.717, 1.165) is 25.8 Å². The Morgan fingerprint density at radius 2 is 1.37 bits per heavy atom. The lowest BCUT2D eigenvalue weighted by atomic mass is 10.1. The third-order valence-electron chi connectivity index (χ3n) is 4.66. The van der Waals surface area contributed by atoms with Crippen molar-refractivity contribution in [2.24, 2.45) is 5.73 Å². The SMILES string of the molecule is CNCCC[C@@H](CNC(=O)[C@H](CCCNC(=O)[C@H](CCN)NC)NC)NC. The minimum atomic E-state index is -0.264. The largest absolute Gasteiger partial charge is 0.355 e. The number of amides is 2. The summed E-state index contributed by atoms with van der Waals surface area (Å²) in [6, 6.07) is -0.263. The van der Waals surface area contributed by atoms with E-state index in [-0.39, 0.29) is 29.9 Å². The summed E-state index contributed by atoms with van der Waals surface area (Å²) in [5.41, 5.74) is 5.50. The summed E-state index contributed by atoms with van der Waals surface area (Å²) in [6.45, 7) is 2.58. The molecule has 2 amide bonds. The molecule has 9 heteroatoms. The zero-order valence-corrected chi connectivity index (χ0v) is 17.5. The van der Waals surface area contributed by atoms with Crippen molar-refractivity contribution >= 4 is 11.8 Å². The molecule has 0 aromatic carbocycles. The standard InChI is InChI=1S/C18H41N7O2/c1-20-11-5-7-14(21-2)13-25-18(27)15(22-3)8-6-12-24-17(26)16(23-4)9-10-19/h14-16,20-23H,5-13,19H2,1-4H3,(H,24,26)(H,25,27)/t14-,15-,16-/m0/s1. The summed E-state index contributed by atoms with van der Waals surface area (Å²) in [5, 5.41) is 18.3. The van der Waals surface area contributed by atoms with E-state index in [1.165, 1.54) is 0 Å². The van der Waals surface area contributed by atoms with Crippen LogP contribution in [0.5, 0.6) is 0 Å². The molecule has 0 bridgehead atoms. The molecule has 0 heterocycles. The Morgan fingerprint density at radius 1 is 0.778 bits per heavy atom. The number of carbonyl (C=O) groups is 2. The molecule has 0 aliphatic carbocycles. The van der Waals surface area contributed by atoms with Crippen molar-refractivity contribution in [3.63, 3.8) is 0 Å². The Morgan fingerprint density at radius 3 is 1.93 bits per heavy atom. The lowest BCUT2D eigenvalue weighted by Crippen LogP contribution is -2.47. The Hall–Kier alpha value is -1.26. The van der Waals surface area contributed by atoms with Crippen LogP contribution in [0.15, 0.2) is 0 Å². The molecule has 27 heavy (non-hydrogen) atoms. The van der Waals surface area contributed by atoms with Gasteiger partial charge in [-0.2, -0.15) is 0 Å². The first-order valence-corrected chi connectivity index (χ1v) is 9.95. The van der Waals surface area contributed by atoms with Crippen molar-refractivity contribution in [3.8, 4) is 0 Å². The van der Waals surface area contributed by atoms with Crippen LogP contribution < -0.4 is 37.6 Å². The third-order valence-corrected chi connectivity index (χ3v) is 4.66. The Bertz CT molecular complexity index is 396. The zero-order chi connectivity index (χ0) is 20.5. The summed E-state index contributed by atoms with van der Waals surface area (Å²) in [7, 11) is 7.38. The van der Waals surface area contributed by atoms with Gasteiger partial charge in [0.25, 0.3) is 0 Å². The second kappa shape index (κ2) is 16.9. The molecule has 0 fully saturated rings. The van der Waals surface area contributed by atoms with Crippen molar-refractivity contribution in [3.05, 3.63) is 0 Å². The molecule has 0 saturated carbocycles. The Balaban J connectivity index is 4.13. The van der Waals surface area contributed by atoms with Crippen molar-refractivity contribution in [2.45, 2.75) is 50.2 Å². The van der Waals surface area contributed by atoms with Crippen molar-refractivity contribution in [2.75, 3.05) is 54.4 Å². The molecule has 0 aromatic heterocycles. The van der Waals surface area contributed by atoms with Crippen molar-refractivity contribution in [1.82, 2.24) is 31.9 Å². The van der Waals surface area contributed by atoms with Gasteiger partial charge in [0.05, 0.1) is 12.1 Å². The predicted octanol–water partition coefficient (Wildman–Crippen LogP) is -1.89. The number of hydrogen-bond donors (Lipinski definition) is 7. The van der Waals surface area contributed by atoms with Crippen LogP contribution in [0.2, 0.25) is 0 Å². The van der Waals surface area contributed by atoms with E-state index in [0.29, 0.717) is 32.5 Å². The van der Waals surface area contributed by atoms with Crippen LogP contribution in [-0.4, -0.2) is 84.3 Å². The monoisotopic (exact) mass is 387 g/mol. The molecule has 3 atom stereocenters. The molecule has 0 rings (SSSR count). The quantitative estimate of drug-likeness (QED) is 0.145. The van der Waals surface area contributed by atoms with E-state index in [1.54, 1.807) is 14.1 Å². The molecule has 0 saturated heterocycles. The van der Waals surface area contributed by atoms with Crippen molar-refractivity contribution < 1.29 is 9.59 Å². The predicted molar refractivity (Wildman–Crippen MR) is 111 cm³/mol. The molecule has 0 unspecified atom stereocenters. The summed E-state index contributed by atoms with van der Waals surface area (Å²) >= 11 is 0. The van der Waals surface area contributed by atoms with Crippen LogP contribution >= 0.6 is 0 Å². The normalized spacial score (nSPS) is 14.4. The van der Waals surface area contributed by atoms with Gasteiger partial charge in [-0.25, -0.2) is 0 Å². The van der Waals surface area contributed by atoms with Gasteiger partial charge in [0.2, 0.25) is 11.8 Å². The van der Waals surface area contributed by atoms with Gasteiger partial charge in [-0.15, -0.1) is 0 Å². The fourth-order valence-corrected chi connectivity index (χ4v) is 2.84. The van der Waals surface area contributed by atoms with Crippen LogP contribution in [-0.2, 0) is 9.59 Å². The van der Waals surface area contributed by atoms with E-state index >= 15 is 0 Å². The van der Waals surface area contributed by atoms with E-state index in [2.05, 4.69) is 31.9 Å². The Labute approximate surface area is 164 Å². The number of nitrogens with one attached hydrogen (secondary N) is 6. The maximum Gasteiger partial charge on any atom is 0.237 e. The molecule has 0 aliphatic heterocycles. The highest BCUT2D eigenvalue weighted by molar-refractivity contribution is 5.82. The molecule has 0 aromatic rings. The second-order valence-electron chi connectivity index (χ2n) is 6.67. The first-order valence-electron chi connectivity index (χ1n) is 9.95. The maximum absolute atomic E-state index is 12.4. The summed E-state index contributed by atoms with van der Waals surface area (Å²) in [6.07, 6.45) is 4.05. The molecule has 8 N–H and O–H groups in total. The molecular formula is C18H41N7O2. The van der Waals surface area contributed by atoms with Crippen LogP contribution in [0.1, 0.15) is 32.1 Å². The van der Waals surface area contributed by atoms with Gasteiger partial charge >= 0.3 is 0 Å². The number of rotatable bonds is 17. The number of likely N-dealkylation sites (N-methyl/N-ethyl adjacent to an activating group) is 3. The highest BCUT2D eigenvalue weighted by Crippen LogP contribution is 1.99. The van der Waals surface area contributed by atoms with Gasteiger partial charge in [-0.05, 0) is 73.4 Å². The first-order chi connectivity index (χ1) is 13.0. The topological polar surface area (TPSA) is 132 Å². The number of nitrogens with two attached hydrogens (primary N) is 1. The van der Waals surface area contributed by atoms with E-state index in [4.69, 9.17) is 5.73 Å². The van der Waals surface area contributed by atoms with Gasteiger partial charge in [-0.3, -0.25) is 9.59 Å². The summed E-state index contributed by atoms with van der Waals surface area (Å²) < 4.78 is 0. The molecular weight excluding hydrogens is 346 g/mol. The lowest BCUT2D eigenvalue weighted by molar-refractivity contribution is -0.123. The second-order valence-corrected chi connectivity index (χ2v) is 6.67. The summed E-state index contributed by atoms with van der Waals surface area (Å²) in [5.74, 6) is -0.0548. The maximum atomic E-state index is 12.4. The van der Waals surface area contributed by atoms with Crippen LogP contribution in [0.25, 0.3) is 0 Å². The average Bonchev–Trinajstić information content (AvgIpc) is 2.68. The lowest BCUT2D eigenvalue weighted by Gasteiger charge is -2.20. The molecule has 9 nitrogen and oxygen atoms in total. The highest BCUT2D eigenvalue weighted by Gasteiger charge is 2.18. The van der Waals surface area contributed by atoms with E-state index in [9.17, 15) is 9.59 Å². The minimum Gasteiger partial charge on any atom is -0.355 e. The van der Waals surface area contributed by atoms with Gasteiger partial charge < -0.3 is 37.6 Å². The molecule has 0 radical (unpaired) electrons. The van der Waals surface area contributed by atoms with E-state index < -0.39 is 0 Å². The van der Waals surface area contributed by atoms with Gasteiger partial charge in [0, 0.05) is 19.1 Å². The molecule has 0 spiro atoms. The van der Waals surface area contributed by atoms with Gasteiger partial charge in [0.15, 0.2) is 0 Å². The highest BCUT2D eigenvalue weighted by atomic mass is 16.2. The fourth-order valence-electron chi connectivity index (χ4n) is 2.84. The van der Waals surface area contributed by atoms with Gasteiger partial charge in [0.1, 0.15) is 0 Å². The van der Waals surface area contributed by atoms with E-state index in [1.807, 2.05) is 14.1 Å². The zero-order valence-electron chi connectivity index (χ0n) is 17.5. The third kappa shape index (κ3) is 11.9. The van der Waals surface area contributed by atoms with Crippen LogP contribution in [0.3, 0.4) is 0 Å². The Kier molecular flexibility index (Phi) is 16.1. The number of hydrogen-bond acceptors (Lipinski definition) is 7. The molecule has 160 valence electrons. The summed E-state index contributed by atoms with van der Waals surface area (Å²) in [4.78, 5) is 24.4. The smallest absolute Gasteiger partial charge is 0.237 e. The van der Waals surface area contributed by atoms with Crippen LogP contribution in [0, 0.1) is 0 Å².